The fourth-order valence-corrected chi connectivity index (χ4v) is 5.10. The average molecular weight is 526 g/mol. The largest absolute Gasteiger partial charge is 0.455 e. The zero-order valence-corrected chi connectivity index (χ0v) is 22.3. The Bertz CT molecular complexity index is 991. The van der Waals surface area contributed by atoms with E-state index in [-0.39, 0.29) is 35.8 Å². The number of halogens is 1. The Kier molecular flexibility index (Phi) is 9.32. The van der Waals surface area contributed by atoms with Crippen molar-refractivity contribution < 1.29 is 43.2 Å². The number of ketones is 1. The van der Waals surface area contributed by atoms with Crippen molar-refractivity contribution in [1.82, 2.24) is 4.98 Å². The highest BCUT2D eigenvalue weighted by molar-refractivity contribution is 5.88. The summed E-state index contributed by atoms with van der Waals surface area (Å²) >= 11 is 0. The van der Waals surface area contributed by atoms with Gasteiger partial charge < -0.3 is 29.2 Å². The number of esters is 1. The lowest BCUT2D eigenvalue weighted by molar-refractivity contribution is -0.155. The van der Waals surface area contributed by atoms with Crippen molar-refractivity contribution in [2.24, 2.45) is 17.3 Å². The van der Waals surface area contributed by atoms with Crippen molar-refractivity contribution in [3.63, 3.8) is 0 Å². The summed E-state index contributed by atoms with van der Waals surface area (Å²) in [7, 11) is 0. The molecular weight excluding hydrogens is 485 g/mol. The molecule has 3 rings (SSSR count). The Morgan fingerprint density at radius 3 is 2.59 bits per heavy atom. The lowest BCUT2D eigenvalue weighted by atomic mass is 9.71. The van der Waals surface area contributed by atoms with E-state index in [9.17, 15) is 19.8 Å². The van der Waals surface area contributed by atoms with Crippen molar-refractivity contribution >= 4 is 17.8 Å². The van der Waals surface area contributed by atoms with Gasteiger partial charge in [0.2, 0.25) is 5.89 Å². The maximum atomic E-state index is 15.3. The van der Waals surface area contributed by atoms with Crippen LogP contribution in [0.5, 0.6) is 0 Å². The third kappa shape index (κ3) is 6.85. The molecule has 2 aliphatic heterocycles. The maximum absolute atomic E-state index is 15.3. The van der Waals surface area contributed by atoms with E-state index in [0.717, 1.165) is 12.5 Å². The number of ether oxygens (including phenoxy) is 2. The van der Waals surface area contributed by atoms with E-state index < -0.39 is 60.1 Å². The molecule has 7 atom stereocenters. The second-order valence-electron chi connectivity index (χ2n) is 11.2. The van der Waals surface area contributed by atoms with Gasteiger partial charge in [0.15, 0.2) is 6.10 Å². The van der Waals surface area contributed by atoms with Crippen LogP contribution < -0.4 is 0 Å². The number of fused-ring (bicyclic) bond motifs is 1. The highest BCUT2D eigenvalue weighted by Gasteiger charge is 2.53. The van der Waals surface area contributed by atoms with Gasteiger partial charge in [-0.3, -0.25) is 9.59 Å². The molecule has 7 unspecified atom stereocenters. The van der Waals surface area contributed by atoms with Crippen LogP contribution in [0, 0.1) is 17.3 Å². The van der Waals surface area contributed by atoms with Crippen molar-refractivity contribution in [3.05, 3.63) is 23.7 Å². The Morgan fingerprint density at radius 2 is 1.97 bits per heavy atom. The molecule has 1 aromatic rings. The lowest BCUT2D eigenvalue weighted by Gasteiger charge is -2.35. The number of cyclic esters (lactones) is 1. The topological polar surface area (TPSA) is 143 Å². The molecule has 0 aliphatic carbocycles. The minimum Gasteiger partial charge on any atom is -0.455 e. The van der Waals surface area contributed by atoms with Crippen molar-refractivity contribution in [3.8, 4) is 0 Å². The molecule has 2 aliphatic rings. The van der Waals surface area contributed by atoms with Crippen LogP contribution in [0.15, 0.2) is 16.5 Å². The number of oxazole rings is 1. The van der Waals surface area contributed by atoms with Gasteiger partial charge in [0.1, 0.15) is 30.2 Å². The summed E-state index contributed by atoms with van der Waals surface area (Å²) in [5.74, 6) is -2.80. The molecular formula is C27H40FNO8. The van der Waals surface area contributed by atoms with Crippen molar-refractivity contribution in [1.29, 1.82) is 0 Å². The molecule has 2 saturated heterocycles. The van der Waals surface area contributed by atoms with Gasteiger partial charge in [-0.05, 0) is 32.1 Å². The number of rotatable bonds is 4. The summed E-state index contributed by atoms with van der Waals surface area (Å²) in [4.78, 5) is 30.1. The SMILES string of the molecule is CCC1C(=O)C(C)(C)C(O)CC(=O)OC(C(F)=Cc2coc(CO)n2)CC2OC2(C)CCCC(C)C1O. The van der Waals surface area contributed by atoms with Gasteiger partial charge in [-0.15, -0.1) is 0 Å². The molecule has 37 heavy (non-hydrogen) atoms. The minimum atomic E-state index is -1.39. The van der Waals surface area contributed by atoms with E-state index in [1.807, 2.05) is 20.8 Å². The highest BCUT2D eigenvalue weighted by Crippen LogP contribution is 2.45. The molecule has 0 amide bonds. The van der Waals surface area contributed by atoms with E-state index >= 15 is 4.39 Å². The standard InChI is InChI=1S/C27H40FNO8/c1-6-17-24(33)15(2)8-7-9-27(5)21(37-27)11-19(18(28)10-16-14-35-22(13-30)29-16)36-23(32)12-20(31)26(3,4)25(17)34/h10,14-15,17,19-21,24,30-31,33H,6-9,11-13H2,1-5H3. The van der Waals surface area contributed by atoms with Crippen molar-refractivity contribution in [2.45, 2.75) is 110 Å². The van der Waals surface area contributed by atoms with Crippen LogP contribution in [0.25, 0.3) is 6.08 Å². The molecule has 3 N–H and O–H groups in total. The van der Waals surface area contributed by atoms with E-state index in [4.69, 9.17) is 19.0 Å². The predicted octanol–water partition coefficient (Wildman–Crippen LogP) is 3.49. The van der Waals surface area contributed by atoms with Crippen LogP contribution in [0.1, 0.15) is 84.7 Å². The van der Waals surface area contributed by atoms with Crippen molar-refractivity contribution in [2.75, 3.05) is 0 Å². The van der Waals surface area contributed by atoms with E-state index in [2.05, 4.69) is 4.98 Å². The summed E-state index contributed by atoms with van der Waals surface area (Å²) in [6, 6.07) is 0. The summed E-state index contributed by atoms with van der Waals surface area (Å²) in [5.41, 5.74) is -1.73. The predicted molar refractivity (Wildman–Crippen MR) is 132 cm³/mol. The number of aliphatic hydroxyl groups is 3. The molecule has 0 saturated carbocycles. The quantitative estimate of drug-likeness (QED) is 0.398. The molecule has 0 bridgehead atoms. The Balaban J connectivity index is 1.87. The summed E-state index contributed by atoms with van der Waals surface area (Å²) < 4.78 is 31.7. The van der Waals surface area contributed by atoms with E-state index in [1.54, 1.807) is 13.8 Å². The first-order valence-electron chi connectivity index (χ1n) is 13.0. The molecule has 208 valence electrons. The van der Waals surface area contributed by atoms with Crippen LogP contribution in [-0.2, 0) is 25.7 Å². The van der Waals surface area contributed by atoms with Crippen LogP contribution in [-0.4, -0.2) is 62.1 Å². The average Bonchev–Trinajstić information content (AvgIpc) is 3.24. The number of hydrogen-bond donors (Lipinski definition) is 3. The summed E-state index contributed by atoms with van der Waals surface area (Å²) in [6.07, 6.45) is 0.328. The second-order valence-corrected chi connectivity index (χ2v) is 11.2. The third-order valence-corrected chi connectivity index (χ3v) is 7.97. The van der Waals surface area contributed by atoms with Gasteiger partial charge in [0.05, 0.1) is 35.7 Å². The van der Waals surface area contributed by atoms with Crippen LogP contribution in [0.2, 0.25) is 0 Å². The maximum Gasteiger partial charge on any atom is 0.309 e. The molecule has 9 nitrogen and oxygen atoms in total. The normalized spacial score (nSPS) is 36.1. The number of Topliss-reactive ketones (excluding diaryl/α,β-unsaturated/α-hetero) is 1. The summed E-state index contributed by atoms with van der Waals surface area (Å²) in [5, 5.41) is 31.0. The number of nitrogens with zero attached hydrogens (tertiary/aromatic N) is 1. The molecule has 3 heterocycles. The van der Waals surface area contributed by atoms with E-state index in [1.165, 1.54) is 6.26 Å². The first-order valence-corrected chi connectivity index (χ1v) is 13.0. The Morgan fingerprint density at radius 1 is 1.27 bits per heavy atom. The van der Waals surface area contributed by atoms with Crippen LogP contribution in [0.4, 0.5) is 4.39 Å². The van der Waals surface area contributed by atoms with E-state index in [0.29, 0.717) is 19.3 Å². The van der Waals surface area contributed by atoms with Gasteiger partial charge in [-0.2, -0.15) is 0 Å². The first-order chi connectivity index (χ1) is 17.3. The zero-order valence-electron chi connectivity index (χ0n) is 22.3. The molecule has 1 aromatic heterocycles. The number of aromatic nitrogens is 1. The highest BCUT2D eigenvalue weighted by atomic mass is 19.1. The fraction of sp³-hybridized carbons (Fsp3) is 0.741. The molecule has 0 radical (unpaired) electrons. The smallest absolute Gasteiger partial charge is 0.309 e. The van der Waals surface area contributed by atoms with Gasteiger partial charge >= 0.3 is 5.97 Å². The molecule has 10 heteroatoms. The number of epoxide rings is 1. The molecule has 2 fully saturated rings. The first kappa shape index (κ1) is 29.4. The fourth-order valence-electron chi connectivity index (χ4n) is 5.10. The van der Waals surface area contributed by atoms with Gasteiger partial charge in [0.25, 0.3) is 0 Å². The van der Waals surface area contributed by atoms with Gasteiger partial charge in [-0.25, -0.2) is 9.37 Å². The van der Waals surface area contributed by atoms with Gasteiger partial charge in [-0.1, -0.05) is 34.1 Å². The number of carbonyl (C=O) groups excluding carboxylic acids is 2. The Labute approximate surface area is 217 Å². The van der Waals surface area contributed by atoms with Crippen LogP contribution in [0.3, 0.4) is 0 Å². The second kappa shape index (κ2) is 11.7. The zero-order chi connectivity index (χ0) is 27.5. The summed E-state index contributed by atoms with van der Waals surface area (Å²) in [6.45, 7) is 8.28. The third-order valence-electron chi connectivity index (χ3n) is 7.97. The Hall–Kier alpha value is -2.14. The van der Waals surface area contributed by atoms with Crippen LogP contribution >= 0.6 is 0 Å². The minimum absolute atomic E-state index is 0.0203. The monoisotopic (exact) mass is 525 g/mol. The number of carbonyl (C=O) groups is 2. The number of aliphatic hydroxyl groups excluding tert-OH is 3. The molecule has 0 aromatic carbocycles. The molecule has 0 spiro atoms. The number of hydrogen-bond acceptors (Lipinski definition) is 9. The van der Waals surface area contributed by atoms with Gasteiger partial charge in [0, 0.05) is 18.4 Å². The lowest BCUT2D eigenvalue weighted by Crippen LogP contribution is -2.46.